The Morgan fingerprint density at radius 1 is 1.28 bits per heavy atom. The molecule has 0 saturated carbocycles. The number of aliphatic hydroxyl groups is 1. The van der Waals surface area contributed by atoms with E-state index in [1.807, 2.05) is 0 Å². The molecule has 0 rings (SSSR count). The van der Waals surface area contributed by atoms with Gasteiger partial charge in [-0.05, 0) is 6.42 Å². The van der Waals surface area contributed by atoms with Crippen molar-refractivity contribution in [2.75, 3.05) is 26.3 Å². The van der Waals surface area contributed by atoms with E-state index in [2.05, 4.69) is 17.2 Å². The van der Waals surface area contributed by atoms with Gasteiger partial charge in [0.1, 0.15) is 0 Å². The van der Waals surface area contributed by atoms with Gasteiger partial charge in [-0.25, -0.2) is 9.59 Å². The van der Waals surface area contributed by atoms with Gasteiger partial charge in [-0.3, -0.25) is 0 Å². The summed E-state index contributed by atoms with van der Waals surface area (Å²) in [5.41, 5.74) is 0. The zero-order valence-electron chi connectivity index (χ0n) is 10.2. The molecule has 7 nitrogen and oxygen atoms in total. The van der Waals surface area contributed by atoms with Gasteiger partial charge in [0.2, 0.25) is 0 Å². The second-order valence-electron chi connectivity index (χ2n) is 3.52. The fourth-order valence-corrected chi connectivity index (χ4v) is 1.01. The monoisotopic (exact) mass is 260 g/mol. The average molecular weight is 260 g/mol. The number of carboxylic acids is 1. The van der Waals surface area contributed by atoms with Crippen molar-refractivity contribution < 1.29 is 24.5 Å². The quantitative estimate of drug-likeness (QED) is 0.319. The Bertz CT molecular complexity index is 270. The molecule has 0 unspecified atom stereocenters. The molecule has 18 heavy (non-hydrogen) atoms. The fraction of sp³-hybridized carbons (Fsp3) is 0.636. The first-order valence-electron chi connectivity index (χ1n) is 5.69. The van der Waals surface area contributed by atoms with E-state index in [0.29, 0.717) is 19.8 Å². The lowest BCUT2D eigenvalue weighted by Crippen LogP contribution is -2.39. The predicted molar refractivity (Wildman–Crippen MR) is 65.3 cm³/mol. The van der Waals surface area contributed by atoms with Gasteiger partial charge in [-0.1, -0.05) is 6.08 Å². The number of carboxylic acid groups (broad SMARTS) is 1. The third-order valence-electron chi connectivity index (χ3n) is 1.99. The summed E-state index contributed by atoms with van der Waals surface area (Å²) in [6.07, 6.45) is 1.03. The lowest BCUT2D eigenvalue weighted by molar-refractivity contribution is -0.146. The lowest BCUT2D eigenvalue weighted by Gasteiger charge is -2.09. The van der Waals surface area contributed by atoms with Crippen molar-refractivity contribution in [3.8, 4) is 0 Å². The van der Waals surface area contributed by atoms with Crippen LogP contribution in [0.25, 0.3) is 0 Å². The van der Waals surface area contributed by atoms with E-state index in [1.54, 1.807) is 6.08 Å². The molecule has 2 amide bonds. The van der Waals surface area contributed by atoms with Gasteiger partial charge in [0.25, 0.3) is 0 Å². The second-order valence-corrected chi connectivity index (χ2v) is 3.52. The Balaban J connectivity index is 3.37. The second kappa shape index (κ2) is 10.5. The molecule has 7 heteroatoms. The van der Waals surface area contributed by atoms with Crippen LogP contribution in [0.4, 0.5) is 4.79 Å². The minimum Gasteiger partial charge on any atom is -0.479 e. The first-order chi connectivity index (χ1) is 8.57. The highest BCUT2D eigenvalue weighted by Gasteiger charge is 2.12. The number of carbonyl (C=O) groups is 2. The molecule has 0 aromatic rings. The summed E-state index contributed by atoms with van der Waals surface area (Å²) in [5.74, 6) is -1.30. The van der Waals surface area contributed by atoms with Crippen LogP contribution in [0.1, 0.15) is 12.8 Å². The molecule has 0 fully saturated rings. The van der Waals surface area contributed by atoms with Gasteiger partial charge in [0, 0.05) is 19.5 Å². The fourth-order valence-electron chi connectivity index (χ4n) is 1.01. The minimum absolute atomic E-state index is 0.0292. The van der Waals surface area contributed by atoms with Crippen molar-refractivity contribution in [1.82, 2.24) is 10.6 Å². The third-order valence-corrected chi connectivity index (χ3v) is 1.99. The standard InChI is InChI=1S/C11H20N2O5/c1-2-3-7-18-8-6-13-11(17)12-5-4-9(14)10(15)16/h2,9,14H,1,3-8H2,(H,15,16)(H2,12,13,17)/t9-/m0/s1. The molecular formula is C11H20N2O5. The van der Waals surface area contributed by atoms with Crippen LogP contribution in [0.5, 0.6) is 0 Å². The number of nitrogens with one attached hydrogen (secondary N) is 2. The molecule has 1 atom stereocenters. The van der Waals surface area contributed by atoms with Gasteiger partial charge >= 0.3 is 12.0 Å². The van der Waals surface area contributed by atoms with Crippen molar-refractivity contribution in [3.05, 3.63) is 12.7 Å². The van der Waals surface area contributed by atoms with Crippen LogP contribution < -0.4 is 10.6 Å². The molecule has 104 valence electrons. The Morgan fingerprint density at radius 3 is 2.56 bits per heavy atom. The summed E-state index contributed by atoms with van der Waals surface area (Å²) < 4.78 is 5.17. The Labute approximate surface area is 106 Å². The summed E-state index contributed by atoms with van der Waals surface area (Å²) in [6.45, 7) is 4.97. The molecule has 0 heterocycles. The Hall–Kier alpha value is -1.60. The summed E-state index contributed by atoms with van der Waals surface area (Å²) in [7, 11) is 0. The van der Waals surface area contributed by atoms with Crippen LogP contribution in [0.3, 0.4) is 0 Å². The molecule has 0 radical (unpaired) electrons. The first-order valence-corrected chi connectivity index (χ1v) is 5.69. The largest absolute Gasteiger partial charge is 0.479 e. The van der Waals surface area contributed by atoms with E-state index in [-0.39, 0.29) is 13.0 Å². The molecule has 0 aliphatic heterocycles. The van der Waals surface area contributed by atoms with Crippen molar-refractivity contribution in [2.45, 2.75) is 18.9 Å². The van der Waals surface area contributed by atoms with Crippen LogP contribution in [-0.2, 0) is 9.53 Å². The van der Waals surface area contributed by atoms with Crippen LogP contribution in [-0.4, -0.2) is 54.6 Å². The number of amides is 2. The number of rotatable bonds is 10. The van der Waals surface area contributed by atoms with Crippen LogP contribution in [0.2, 0.25) is 0 Å². The maximum atomic E-state index is 11.2. The van der Waals surface area contributed by atoms with Crippen molar-refractivity contribution in [1.29, 1.82) is 0 Å². The summed E-state index contributed by atoms with van der Waals surface area (Å²) >= 11 is 0. The minimum atomic E-state index is -1.45. The number of urea groups is 1. The molecule has 0 aromatic heterocycles. The predicted octanol–water partition coefficient (Wildman–Crippen LogP) is -0.286. The Morgan fingerprint density at radius 2 is 1.94 bits per heavy atom. The van der Waals surface area contributed by atoms with Gasteiger partial charge in [-0.2, -0.15) is 0 Å². The zero-order valence-corrected chi connectivity index (χ0v) is 10.2. The molecule has 0 spiro atoms. The van der Waals surface area contributed by atoms with E-state index in [1.165, 1.54) is 0 Å². The van der Waals surface area contributed by atoms with Crippen LogP contribution >= 0.6 is 0 Å². The molecule has 0 bridgehead atoms. The van der Waals surface area contributed by atoms with Gasteiger partial charge in [-0.15, -0.1) is 6.58 Å². The van der Waals surface area contributed by atoms with Gasteiger partial charge < -0.3 is 25.6 Å². The normalized spacial score (nSPS) is 11.6. The van der Waals surface area contributed by atoms with Crippen molar-refractivity contribution >= 4 is 12.0 Å². The zero-order chi connectivity index (χ0) is 13.8. The van der Waals surface area contributed by atoms with Crippen molar-refractivity contribution in [2.24, 2.45) is 0 Å². The topological polar surface area (TPSA) is 108 Å². The molecule has 0 saturated heterocycles. The maximum absolute atomic E-state index is 11.2. The first kappa shape index (κ1) is 16.4. The molecule has 4 N–H and O–H groups in total. The van der Waals surface area contributed by atoms with Crippen molar-refractivity contribution in [3.63, 3.8) is 0 Å². The van der Waals surface area contributed by atoms with E-state index in [9.17, 15) is 9.59 Å². The summed E-state index contributed by atoms with van der Waals surface area (Å²) in [6, 6.07) is -0.417. The average Bonchev–Trinajstić information content (AvgIpc) is 2.33. The molecule has 0 aromatic carbocycles. The smallest absolute Gasteiger partial charge is 0.332 e. The highest BCUT2D eigenvalue weighted by molar-refractivity contribution is 5.74. The lowest BCUT2D eigenvalue weighted by atomic mass is 10.2. The third kappa shape index (κ3) is 9.61. The van der Waals surface area contributed by atoms with Crippen LogP contribution in [0.15, 0.2) is 12.7 Å². The number of ether oxygens (including phenoxy) is 1. The SMILES string of the molecule is C=CCCOCCNC(=O)NCC[C@H](O)C(=O)O. The highest BCUT2D eigenvalue weighted by Crippen LogP contribution is 1.89. The molecule has 0 aliphatic carbocycles. The number of hydrogen-bond donors (Lipinski definition) is 4. The summed E-state index contributed by atoms with van der Waals surface area (Å²) in [4.78, 5) is 21.4. The number of hydrogen-bond acceptors (Lipinski definition) is 4. The van der Waals surface area contributed by atoms with Crippen LogP contribution in [0, 0.1) is 0 Å². The molecular weight excluding hydrogens is 240 g/mol. The Kier molecular flexibility index (Phi) is 9.61. The number of aliphatic carboxylic acids is 1. The van der Waals surface area contributed by atoms with E-state index in [4.69, 9.17) is 14.9 Å². The highest BCUT2D eigenvalue weighted by atomic mass is 16.5. The number of aliphatic hydroxyl groups excluding tert-OH is 1. The summed E-state index contributed by atoms with van der Waals surface area (Å²) in [5, 5.41) is 22.3. The molecule has 0 aliphatic rings. The van der Waals surface area contributed by atoms with E-state index in [0.717, 1.165) is 6.42 Å². The van der Waals surface area contributed by atoms with E-state index < -0.39 is 18.1 Å². The van der Waals surface area contributed by atoms with E-state index >= 15 is 0 Å². The van der Waals surface area contributed by atoms with Gasteiger partial charge in [0.05, 0.1) is 13.2 Å². The number of carbonyl (C=O) groups excluding carboxylic acids is 1. The maximum Gasteiger partial charge on any atom is 0.332 e. The van der Waals surface area contributed by atoms with Gasteiger partial charge in [0.15, 0.2) is 6.10 Å².